The van der Waals surface area contributed by atoms with Crippen molar-refractivity contribution in [2.75, 3.05) is 11.9 Å². The van der Waals surface area contributed by atoms with Crippen LogP contribution in [0.1, 0.15) is 24.4 Å². The van der Waals surface area contributed by atoms with E-state index in [9.17, 15) is 0 Å². The van der Waals surface area contributed by atoms with Gasteiger partial charge in [-0.15, -0.1) is 0 Å². The van der Waals surface area contributed by atoms with E-state index in [-0.39, 0.29) is 6.04 Å². The summed E-state index contributed by atoms with van der Waals surface area (Å²) in [4.78, 5) is 11.8. The van der Waals surface area contributed by atoms with Crippen molar-refractivity contribution in [2.45, 2.75) is 26.8 Å². The van der Waals surface area contributed by atoms with Gasteiger partial charge in [-0.1, -0.05) is 0 Å². The highest BCUT2D eigenvalue weighted by Crippen LogP contribution is 2.10. The van der Waals surface area contributed by atoms with Crippen LogP contribution in [0.15, 0.2) is 18.7 Å². The zero-order valence-corrected chi connectivity index (χ0v) is 10.3. The van der Waals surface area contributed by atoms with Gasteiger partial charge >= 0.3 is 0 Å². The highest BCUT2D eigenvalue weighted by molar-refractivity contribution is 5.21. The molecular formula is C11H16N6. The molecule has 0 fully saturated rings. The Bertz CT molecular complexity index is 478. The summed E-state index contributed by atoms with van der Waals surface area (Å²) in [6, 6.07) is 2.32. The number of nitrogens with one attached hydrogen (secondary N) is 1. The van der Waals surface area contributed by atoms with Crippen LogP contribution in [0.2, 0.25) is 0 Å². The molecule has 6 nitrogen and oxygen atoms in total. The highest BCUT2D eigenvalue weighted by atomic mass is 15.3. The van der Waals surface area contributed by atoms with Gasteiger partial charge in [-0.3, -0.25) is 4.68 Å². The smallest absolute Gasteiger partial charge is 0.225 e. The quantitative estimate of drug-likeness (QED) is 0.862. The van der Waals surface area contributed by atoms with Crippen molar-refractivity contribution in [3.05, 3.63) is 30.1 Å². The zero-order chi connectivity index (χ0) is 12.3. The number of aromatic nitrogens is 5. The molecule has 2 aromatic rings. The van der Waals surface area contributed by atoms with Gasteiger partial charge in [0.2, 0.25) is 5.95 Å². The van der Waals surface area contributed by atoms with Gasteiger partial charge in [0.15, 0.2) is 0 Å². The van der Waals surface area contributed by atoms with Crippen molar-refractivity contribution in [3.8, 4) is 0 Å². The first kappa shape index (κ1) is 11.5. The van der Waals surface area contributed by atoms with E-state index >= 15 is 0 Å². The zero-order valence-electron chi connectivity index (χ0n) is 10.3. The van der Waals surface area contributed by atoms with Crippen molar-refractivity contribution in [1.82, 2.24) is 24.7 Å². The van der Waals surface area contributed by atoms with E-state index in [1.807, 2.05) is 11.6 Å². The van der Waals surface area contributed by atoms with Crippen LogP contribution in [-0.4, -0.2) is 31.3 Å². The SMILES string of the molecule is Cc1cc(C)n(C(C)CNc2ncncn2)n1. The summed E-state index contributed by atoms with van der Waals surface area (Å²) in [5, 5.41) is 7.60. The molecule has 0 aromatic carbocycles. The molecule has 0 spiro atoms. The van der Waals surface area contributed by atoms with E-state index in [2.05, 4.69) is 45.3 Å². The van der Waals surface area contributed by atoms with E-state index in [0.717, 1.165) is 17.9 Å². The van der Waals surface area contributed by atoms with E-state index < -0.39 is 0 Å². The van der Waals surface area contributed by atoms with Crippen molar-refractivity contribution in [3.63, 3.8) is 0 Å². The van der Waals surface area contributed by atoms with Crippen LogP contribution in [0.25, 0.3) is 0 Å². The van der Waals surface area contributed by atoms with Crippen LogP contribution in [0.3, 0.4) is 0 Å². The first-order valence-corrected chi connectivity index (χ1v) is 5.55. The molecule has 0 aliphatic carbocycles. The number of hydrogen-bond donors (Lipinski definition) is 1. The average Bonchev–Trinajstić information content (AvgIpc) is 2.67. The lowest BCUT2D eigenvalue weighted by molar-refractivity contribution is 0.496. The second kappa shape index (κ2) is 4.90. The van der Waals surface area contributed by atoms with Crippen molar-refractivity contribution in [2.24, 2.45) is 0 Å². The van der Waals surface area contributed by atoms with Crippen LogP contribution >= 0.6 is 0 Å². The molecule has 0 radical (unpaired) electrons. The van der Waals surface area contributed by atoms with E-state index in [4.69, 9.17) is 0 Å². The molecule has 2 rings (SSSR count). The van der Waals surface area contributed by atoms with Crippen molar-refractivity contribution in [1.29, 1.82) is 0 Å². The van der Waals surface area contributed by atoms with Gasteiger partial charge in [-0.05, 0) is 26.8 Å². The van der Waals surface area contributed by atoms with E-state index in [0.29, 0.717) is 5.95 Å². The molecule has 6 heteroatoms. The fourth-order valence-electron chi connectivity index (χ4n) is 1.75. The van der Waals surface area contributed by atoms with E-state index in [1.165, 1.54) is 12.7 Å². The maximum atomic E-state index is 4.45. The number of hydrogen-bond acceptors (Lipinski definition) is 5. The third-order valence-corrected chi connectivity index (χ3v) is 2.51. The fourth-order valence-corrected chi connectivity index (χ4v) is 1.75. The van der Waals surface area contributed by atoms with Crippen LogP contribution in [0.5, 0.6) is 0 Å². The molecule has 0 aliphatic rings. The fraction of sp³-hybridized carbons (Fsp3) is 0.455. The topological polar surface area (TPSA) is 68.5 Å². The van der Waals surface area contributed by atoms with Crippen molar-refractivity contribution >= 4 is 5.95 Å². The lowest BCUT2D eigenvalue weighted by Crippen LogP contribution is -2.19. The Morgan fingerprint density at radius 3 is 2.59 bits per heavy atom. The summed E-state index contributed by atoms with van der Waals surface area (Å²) in [6.45, 7) is 6.88. The minimum absolute atomic E-state index is 0.250. The number of nitrogens with zero attached hydrogens (tertiary/aromatic N) is 5. The summed E-state index contributed by atoms with van der Waals surface area (Å²) in [5.41, 5.74) is 2.20. The molecule has 1 atom stereocenters. The maximum absolute atomic E-state index is 4.45. The highest BCUT2D eigenvalue weighted by Gasteiger charge is 2.09. The van der Waals surface area contributed by atoms with Gasteiger partial charge in [0.1, 0.15) is 12.7 Å². The Hall–Kier alpha value is -1.98. The van der Waals surface area contributed by atoms with Crippen LogP contribution in [0.4, 0.5) is 5.95 Å². The molecule has 0 saturated carbocycles. The number of anilines is 1. The Morgan fingerprint density at radius 1 is 1.29 bits per heavy atom. The molecule has 2 aromatic heterocycles. The van der Waals surface area contributed by atoms with Crippen LogP contribution in [-0.2, 0) is 0 Å². The monoisotopic (exact) mass is 232 g/mol. The Kier molecular flexibility index (Phi) is 3.32. The molecule has 0 aliphatic heterocycles. The summed E-state index contributed by atoms with van der Waals surface area (Å²) in [7, 11) is 0. The van der Waals surface area contributed by atoms with Gasteiger partial charge in [0.05, 0.1) is 11.7 Å². The number of aryl methyl sites for hydroxylation is 2. The molecular weight excluding hydrogens is 216 g/mol. The lowest BCUT2D eigenvalue weighted by Gasteiger charge is -2.14. The van der Waals surface area contributed by atoms with Crippen molar-refractivity contribution < 1.29 is 0 Å². The summed E-state index contributed by atoms with van der Waals surface area (Å²) < 4.78 is 2.00. The molecule has 90 valence electrons. The standard InChI is InChI=1S/C11H16N6/c1-8-4-9(2)17(16-8)10(3)5-13-11-14-6-12-7-15-11/h4,6-7,10H,5H2,1-3H3,(H,12,13,14,15). The lowest BCUT2D eigenvalue weighted by atomic mass is 10.3. The predicted octanol–water partition coefficient (Wildman–Crippen LogP) is 1.36. The Balaban J connectivity index is 1.98. The van der Waals surface area contributed by atoms with Gasteiger partial charge in [-0.25, -0.2) is 15.0 Å². The molecule has 2 heterocycles. The van der Waals surface area contributed by atoms with Crippen LogP contribution < -0.4 is 5.32 Å². The first-order chi connectivity index (χ1) is 8.16. The molecule has 1 N–H and O–H groups in total. The first-order valence-electron chi connectivity index (χ1n) is 5.55. The van der Waals surface area contributed by atoms with Gasteiger partial charge in [0, 0.05) is 12.2 Å². The normalized spacial score (nSPS) is 12.4. The second-order valence-corrected chi connectivity index (χ2v) is 4.06. The minimum atomic E-state index is 0.250. The largest absolute Gasteiger partial charge is 0.352 e. The molecule has 17 heavy (non-hydrogen) atoms. The summed E-state index contributed by atoms with van der Waals surface area (Å²) >= 11 is 0. The molecule has 0 saturated heterocycles. The minimum Gasteiger partial charge on any atom is -0.352 e. The van der Waals surface area contributed by atoms with Crippen LogP contribution in [0, 0.1) is 13.8 Å². The molecule has 0 bridgehead atoms. The van der Waals surface area contributed by atoms with Gasteiger partial charge in [-0.2, -0.15) is 5.10 Å². The maximum Gasteiger partial charge on any atom is 0.225 e. The van der Waals surface area contributed by atoms with Gasteiger partial charge < -0.3 is 5.32 Å². The Morgan fingerprint density at radius 2 is 2.00 bits per heavy atom. The second-order valence-electron chi connectivity index (χ2n) is 4.06. The van der Waals surface area contributed by atoms with E-state index in [1.54, 1.807) is 0 Å². The molecule has 1 unspecified atom stereocenters. The number of rotatable bonds is 4. The summed E-state index contributed by atoms with van der Waals surface area (Å²) in [5.74, 6) is 0.591. The predicted molar refractivity (Wildman–Crippen MR) is 64.7 cm³/mol. The third-order valence-electron chi connectivity index (χ3n) is 2.51. The Labute approximate surface area is 100 Å². The third kappa shape index (κ3) is 2.77. The average molecular weight is 232 g/mol. The van der Waals surface area contributed by atoms with Gasteiger partial charge in [0.25, 0.3) is 0 Å². The summed E-state index contributed by atoms with van der Waals surface area (Å²) in [6.07, 6.45) is 2.95. The molecule has 0 amide bonds.